The lowest BCUT2D eigenvalue weighted by Gasteiger charge is -2.41. The van der Waals surface area contributed by atoms with E-state index in [0.717, 1.165) is 0 Å². The van der Waals surface area contributed by atoms with E-state index < -0.39 is 25.5 Å². The van der Waals surface area contributed by atoms with Gasteiger partial charge in [0, 0.05) is 21.5 Å². The number of hydrogen-bond donors (Lipinski definition) is 0. The van der Waals surface area contributed by atoms with Crippen LogP contribution in [-0.2, 0) is 18.1 Å². The summed E-state index contributed by atoms with van der Waals surface area (Å²) in [6, 6.07) is 0. The predicted octanol–water partition coefficient (Wildman–Crippen LogP) is 8.50. The molecule has 0 spiro atoms. The Bertz CT molecular complexity index is 453. The van der Waals surface area contributed by atoms with Crippen molar-refractivity contribution < 1.29 is 18.1 Å². The van der Waals surface area contributed by atoms with Crippen LogP contribution in [0.25, 0.3) is 0 Å². The van der Waals surface area contributed by atoms with E-state index in [1.807, 2.05) is 27.7 Å². The molecule has 0 aliphatic carbocycles. The number of phosphoric ester groups is 1. The van der Waals surface area contributed by atoms with Gasteiger partial charge in [-0.05, 0) is 70.6 Å². The second kappa shape index (κ2) is 10.5. The molecule has 0 aromatic heterocycles. The highest BCUT2D eigenvalue weighted by Gasteiger charge is 2.53. The minimum absolute atomic E-state index is 0.00548. The van der Waals surface area contributed by atoms with Crippen molar-refractivity contribution in [3.8, 4) is 0 Å². The Morgan fingerprint density at radius 3 is 1.48 bits per heavy atom. The molecule has 0 bridgehead atoms. The molecule has 0 saturated carbocycles. The SMILES string of the molecule is CC(Cl)COP(=O)(OC(Br)(Br)C(C)(C)CBr)OC(Br)(Br)C(C)(C)CBr. The van der Waals surface area contributed by atoms with Crippen LogP contribution in [0.2, 0.25) is 0 Å². The molecule has 12 heteroatoms. The van der Waals surface area contributed by atoms with Gasteiger partial charge < -0.3 is 0 Å². The van der Waals surface area contributed by atoms with E-state index in [9.17, 15) is 4.57 Å². The van der Waals surface area contributed by atoms with Gasteiger partial charge in [-0.3, -0.25) is 13.6 Å². The molecule has 152 valence electrons. The lowest BCUT2D eigenvalue weighted by atomic mass is 9.98. The molecule has 0 aliphatic heterocycles. The second-order valence-electron chi connectivity index (χ2n) is 6.77. The van der Waals surface area contributed by atoms with Crippen LogP contribution in [0.3, 0.4) is 0 Å². The first-order chi connectivity index (χ1) is 11.0. The van der Waals surface area contributed by atoms with Crippen molar-refractivity contribution in [2.24, 2.45) is 10.8 Å². The molecule has 0 N–H and O–H groups in total. The van der Waals surface area contributed by atoms with Crippen molar-refractivity contribution in [2.45, 2.75) is 46.8 Å². The fourth-order valence-electron chi connectivity index (χ4n) is 0.949. The second-order valence-corrected chi connectivity index (χ2v) is 16.8. The van der Waals surface area contributed by atoms with Crippen molar-refractivity contribution in [1.29, 1.82) is 0 Å². The molecule has 0 fully saturated rings. The lowest BCUT2D eigenvalue weighted by Crippen LogP contribution is -2.40. The number of alkyl halides is 7. The molecule has 0 aliphatic rings. The van der Waals surface area contributed by atoms with Crippen molar-refractivity contribution in [2.75, 3.05) is 17.3 Å². The maximum absolute atomic E-state index is 13.4. The molecule has 0 aromatic carbocycles. The molecule has 0 aromatic rings. The maximum atomic E-state index is 13.4. The van der Waals surface area contributed by atoms with Gasteiger partial charge in [-0.25, -0.2) is 4.57 Å². The van der Waals surface area contributed by atoms with Crippen LogP contribution in [0.5, 0.6) is 0 Å². The van der Waals surface area contributed by atoms with Gasteiger partial charge in [0.25, 0.3) is 0 Å². The predicted molar refractivity (Wildman–Crippen MR) is 127 cm³/mol. The summed E-state index contributed by atoms with van der Waals surface area (Å²) in [5.41, 5.74) is -0.984. The van der Waals surface area contributed by atoms with Crippen molar-refractivity contribution >= 4 is 115 Å². The van der Waals surface area contributed by atoms with Gasteiger partial charge >= 0.3 is 7.82 Å². The van der Waals surface area contributed by atoms with E-state index in [1.165, 1.54) is 0 Å². The van der Waals surface area contributed by atoms with E-state index >= 15 is 0 Å². The number of hydrogen-bond acceptors (Lipinski definition) is 4. The van der Waals surface area contributed by atoms with E-state index in [2.05, 4.69) is 95.6 Å². The summed E-state index contributed by atoms with van der Waals surface area (Å²) in [5, 5.41) is 0.751. The Balaban J connectivity index is 5.72. The minimum Gasteiger partial charge on any atom is -0.285 e. The van der Waals surface area contributed by atoms with E-state index in [-0.39, 0.29) is 12.0 Å². The third-order valence-electron chi connectivity index (χ3n) is 3.16. The van der Waals surface area contributed by atoms with Crippen molar-refractivity contribution in [3.63, 3.8) is 0 Å². The Kier molecular flexibility index (Phi) is 11.9. The molecule has 0 rings (SSSR count). The van der Waals surface area contributed by atoms with Gasteiger partial charge in [-0.15, -0.1) is 11.6 Å². The third kappa shape index (κ3) is 8.50. The molecule has 25 heavy (non-hydrogen) atoms. The van der Waals surface area contributed by atoms with Crippen molar-refractivity contribution in [3.05, 3.63) is 0 Å². The Morgan fingerprint density at radius 2 is 1.24 bits per heavy atom. The fraction of sp³-hybridized carbons (Fsp3) is 1.00. The Hall–Kier alpha value is 3.28. The first-order valence-electron chi connectivity index (χ1n) is 7.13. The summed E-state index contributed by atoms with van der Waals surface area (Å²) in [4.78, 5) is 0. The van der Waals surface area contributed by atoms with E-state index in [1.54, 1.807) is 6.92 Å². The Labute approximate surface area is 206 Å². The summed E-state index contributed by atoms with van der Waals surface area (Å²) < 4.78 is 28.1. The third-order valence-corrected chi connectivity index (χ3v) is 13.5. The highest BCUT2D eigenvalue weighted by molar-refractivity contribution is 9.25. The average Bonchev–Trinajstić information content (AvgIpc) is 2.43. The molecule has 1 atom stereocenters. The maximum Gasteiger partial charge on any atom is 0.479 e. The number of rotatable bonds is 11. The first kappa shape index (κ1) is 28.3. The zero-order valence-electron chi connectivity index (χ0n) is 14.4. The molecule has 0 heterocycles. The topological polar surface area (TPSA) is 44.8 Å². The summed E-state index contributed by atoms with van der Waals surface area (Å²) in [7, 11) is -4.05. The Morgan fingerprint density at radius 1 is 0.920 bits per heavy atom. The highest BCUT2D eigenvalue weighted by atomic mass is 79.9. The van der Waals surface area contributed by atoms with Gasteiger partial charge in [0.05, 0.1) is 12.0 Å². The summed E-state index contributed by atoms with van der Waals surface area (Å²) >= 11 is 26.6. The fourth-order valence-corrected chi connectivity index (χ4v) is 7.69. The standard InChI is InChI=1S/C13H22Br6ClO4P/c1-9(20)6-22-25(21,23-12(16,17)10(2,3)7-14)24-13(18,19)11(4,5)8-15/h9H,6-8H2,1-5H3. The van der Waals surface area contributed by atoms with Gasteiger partial charge in [0.1, 0.15) is 0 Å². The van der Waals surface area contributed by atoms with Gasteiger partial charge in [0.2, 0.25) is 0 Å². The van der Waals surface area contributed by atoms with Crippen molar-refractivity contribution in [1.82, 2.24) is 0 Å². The number of halogens is 7. The lowest BCUT2D eigenvalue weighted by molar-refractivity contribution is 0.0330. The van der Waals surface area contributed by atoms with Crippen LogP contribution in [-0.4, -0.2) is 29.5 Å². The largest absolute Gasteiger partial charge is 0.479 e. The van der Waals surface area contributed by atoms with Gasteiger partial charge in [-0.2, -0.15) is 0 Å². The molecule has 0 amide bonds. The molecular formula is C13H22Br6ClO4P. The van der Waals surface area contributed by atoms with Crippen LogP contribution in [0.15, 0.2) is 0 Å². The van der Waals surface area contributed by atoms with Gasteiger partial charge in [0.15, 0.2) is 6.84 Å². The zero-order valence-corrected chi connectivity index (χ0v) is 25.6. The normalized spacial score (nSPS) is 16.2. The summed E-state index contributed by atoms with van der Waals surface area (Å²) in [5.74, 6) is 0. The van der Waals surface area contributed by atoms with Gasteiger partial charge in [-0.1, -0.05) is 59.6 Å². The van der Waals surface area contributed by atoms with Crippen LogP contribution < -0.4 is 0 Å². The summed E-state index contributed by atoms with van der Waals surface area (Å²) in [6.45, 7) is 9.38. The molecule has 0 radical (unpaired) electrons. The smallest absolute Gasteiger partial charge is 0.285 e. The molecule has 4 nitrogen and oxygen atoms in total. The highest BCUT2D eigenvalue weighted by Crippen LogP contribution is 2.65. The quantitative estimate of drug-likeness (QED) is 0.156. The zero-order chi connectivity index (χ0) is 20.3. The number of phosphoric acid groups is 1. The van der Waals surface area contributed by atoms with Crippen LogP contribution in [0.4, 0.5) is 0 Å². The monoisotopic (exact) mass is 782 g/mol. The first-order valence-corrected chi connectivity index (χ1v) is 14.4. The van der Waals surface area contributed by atoms with Crippen LogP contribution in [0, 0.1) is 10.8 Å². The summed E-state index contributed by atoms with van der Waals surface area (Å²) in [6.07, 6.45) is 0. The minimum atomic E-state index is -4.05. The van der Waals surface area contributed by atoms with E-state index in [4.69, 9.17) is 25.2 Å². The molecule has 0 saturated heterocycles. The molecule has 1 unspecified atom stereocenters. The van der Waals surface area contributed by atoms with Crippen LogP contribution >= 0.6 is 115 Å². The van der Waals surface area contributed by atoms with E-state index in [0.29, 0.717) is 10.7 Å². The molecular weight excluding hydrogens is 766 g/mol. The van der Waals surface area contributed by atoms with Crippen LogP contribution in [0.1, 0.15) is 34.6 Å². The average molecular weight is 788 g/mol.